The molecule has 0 fully saturated rings. The van der Waals surface area contributed by atoms with E-state index in [0.29, 0.717) is 0 Å². The number of methoxy groups -OCH3 is 2. The molecule has 0 aliphatic rings. The highest BCUT2D eigenvalue weighted by atomic mass is 16.5. The highest BCUT2D eigenvalue weighted by Crippen LogP contribution is 2.06. The topological polar surface area (TPSA) is 18.5 Å². The van der Waals surface area contributed by atoms with Crippen LogP contribution in [0.15, 0.2) is 97.1 Å². The van der Waals surface area contributed by atoms with Gasteiger partial charge in [0.1, 0.15) is 11.5 Å². The quantitative estimate of drug-likeness (QED) is 0.413. The van der Waals surface area contributed by atoms with Gasteiger partial charge in [0, 0.05) is 0 Å². The second kappa shape index (κ2) is 29.6. The fourth-order valence-electron chi connectivity index (χ4n) is 1.50. The molecule has 3 aromatic carbocycles. The summed E-state index contributed by atoms with van der Waals surface area (Å²) in [6, 6.07) is 31.4. The fourth-order valence-corrected chi connectivity index (χ4v) is 1.50. The molecule has 2 heteroatoms. The van der Waals surface area contributed by atoms with E-state index in [2.05, 4.69) is 12.3 Å². The highest BCUT2D eigenvalue weighted by molar-refractivity contribution is 5.21. The van der Waals surface area contributed by atoms with Gasteiger partial charge in [0.2, 0.25) is 0 Å². The predicted octanol–water partition coefficient (Wildman–Crippen LogP) is 7.77. The van der Waals surface area contributed by atoms with Crippen LogP contribution in [0.1, 0.15) is 34.6 Å². The molecule has 0 aliphatic heterocycles. The van der Waals surface area contributed by atoms with Gasteiger partial charge < -0.3 is 9.47 Å². The van der Waals surface area contributed by atoms with Crippen LogP contribution in [0.5, 0.6) is 11.5 Å². The summed E-state index contributed by atoms with van der Waals surface area (Å²) >= 11 is 0. The second-order valence-corrected chi connectivity index (χ2v) is 4.48. The van der Waals surface area contributed by atoms with Crippen molar-refractivity contribution in [3.8, 4) is 23.8 Å². The molecule has 0 aliphatic carbocycles. The van der Waals surface area contributed by atoms with Crippen LogP contribution in [0.2, 0.25) is 0 Å². The lowest BCUT2D eigenvalue weighted by Gasteiger charge is -1.93. The maximum atomic E-state index is 4.91. The summed E-state index contributed by atoms with van der Waals surface area (Å²) in [5.41, 5.74) is 0. The molecule has 0 saturated heterocycles. The van der Waals surface area contributed by atoms with E-state index >= 15 is 0 Å². The Balaban J connectivity index is -0.000000305. The smallest absolute Gasteiger partial charge is 0.118 e. The Labute approximate surface area is 179 Å². The number of benzene rings is 3. The third-order valence-corrected chi connectivity index (χ3v) is 2.62. The first-order valence-corrected chi connectivity index (χ1v) is 9.83. The van der Waals surface area contributed by atoms with Crippen LogP contribution in [-0.4, -0.2) is 14.2 Å². The van der Waals surface area contributed by atoms with Gasteiger partial charge in [-0.3, -0.25) is 0 Å². The number of ether oxygens (including phenoxy) is 2. The van der Waals surface area contributed by atoms with E-state index in [9.17, 15) is 0 Å². The summed E-state index contributed by atoms with van der Waals surface area (Å²) in [5.74, 6) is 4.07. The van der Waals surface area contributed by atoms with Crippen molar-refractivity contribution in [3.63, 3.8) is 0 Å². The summed E-state index contributed by atoms with van der Waals surface area (Å²) in [5, 5.41) is 0. The van der Waals surface area contributed by atoms with E-state index in [1.807, 2.05) is 125 Å². The molecule has 0 spiro atoms. The minimum Gasteiger partial charge on any atom is -0.497 e. The Kier molecular flexibility index (Phi) is 31.2. The van der Waals surface area contributed by atoms with Crippen molar-refractivity contribution in [2.45, 2.75) is 34.6 Å². The largest absolute Gasteiger partial charge is 0.497 e. The maximum Gasteiger partial charge on any atom is 0.118 e. The number of para-hydroxylation sites is 2. The van der Waals surface area contributed by atoms with Crippen LogP contribution in [0.25, 0.3) is 0 Å². The minimum atomic E-state index is 0.910. The number of rotatable bonds is 2. The van der Waals surface area contributed by atoms with Gasteiger partial charge in [0.15, 0.2) is 0 Å². The maximum absolute atomic E-state index is 4.91. The predicted molar refractivity (Wildman–Crippen MR) is 130 cm³/mol. The van der Waals surface area contributed by atoms with Gasteiger partial charge in [0.05, 0.1) is 14.2 Å². The van der Waals surface area contributed by atoms with Crippen molar-refractivity contribution in [1.82, 2.24) is 0 Å². The monoisotopic (exact) mass is 394 g/mol. The first-order valence-electron chi connectivity index (χ1n) is 9.83. The van der Waals surface area contributed by atoms with Crippen molar-refractivity contribution in [1.29, 1.82) is 0 Å². The summed E-state index contributed by atoms with van der Waals surface area (Å²) in [4.78, 5) is 0. The Bertz CT molecular complexity index is 578. The van der Waals surface area contributed by atoms with Crippen molar-refractivity contribution in [2.24, 2.45) is 0 Å². The molecule has 158 valence electrons. The van der Waals surface area contributed by atoms with Gasteiger partial charge in [-0.1, -0.05) is 100 Å². The van der Waals surface area contributed by atoms with Crippen LogP contribution in [-0.2, 0) is 0 Å². The van der Waals surface area contributed by atoms with Gasteiger partial charge in [-0.2, -0.15) is 0 Å². The molecule has 3 rings (SSSR count). The molecule has 0 heterocycles. The summed E-state index contributed by atoms with van der Waals surface area (Å²) in [6.45, 7) is 9.65. The molecule has 0 atom stereocenters. The molecular formula is C27H38O2. The van der Waals surface area contributed by atoms with Crippen molar-refractivity contribution in [3.05, 3.63) is 97.1 Å². The van der Waals surface area contributed by atoms with Gasteiger partial charge in [-0.25, -0.2) is 0 Å². The molecule has 0 aromatic heterocycles. The third-order valence-electron chi connectivity index (χ3n) is 2.62. The van der Waals surface area contributed by atoms with E-state index in [-0.39, 0.29) is 0 Å². The molecule has 0 bridgehead atoms. The van der Waals surface area contributed by atoms with Gasteiger partial charge in [-0.05, 0) is 31.2 Å². The van der Waals surface area contributed by atoms with Crippen molar-refractivity contribution < 1.29 is 9.47 Å². The molecule has 29 heavy (non-hydrogen) atoms. The Morgan fingerprint density at radius 2 is 0.690 bits per heavy atom. The Morgan fingerprint density at radius 1 is 0.517 bits per heavy atom. The van der Waals surface area contributed by atoms with E-state index in [0.717, 1.165) is 11.5 Å². The molecule has 0 saturated carbocycles. The molecule has 0 unspecified atom stereocenters. The summed E-state index contributed by atoms with van der Waals surface area (Å²) in [6.07, 6.45) is 4.60. The lowest BCUT2D eigenvalue weighted by atomic mass is 10.3. The van der Waals surface area contributed by atoms with Gasteiger partial charge in [-0.15, -0.1) is 12.3 Å². The lowest BCUT2D eigenvalue weighted by molar-refractivity contribution is 0.414. The highest BCUT2D eigenvalue weighted by Gasteiger charge is 1.80. The van der Waals surface area contributed by atoms with Crippen LogP contribution in [0.3, 0.4) is 0 Å². The average Bonchev–Trinajstić information content (AvgIpc) is 2.85. The molecule has 2 nitrogen and oxygen atoms in total. The van der Waals surface area contributed by atoms with E-state index in [1.54, 1.807) is 21.1 Å². The zero-order valence-electron chi connectivity index (χ0n) is 19.1. The Morgan fingerprint density at radius 3 is 0.828 bits per heavy atom. The number of hydrogen-bond donors (Lipinski definition) is 0. The fraction of sp³-hybridized carbons (Fsp3) is 0.259. The standard InChI is InChI=1S/2C7H8O.C6H6.C3H4.2C2H6/c2*1-8-7-5-3-2-4-6-7;1-2-4-6-5-3-1;1-3-2;2*1-2/h2*2-6H,1H3;1-6H;1H,2H3;2*1-2H3. The SMILES string of the molecule is C#CC.CC.CC.COc1ccccc1.COc1ccccc1.c1ccccc1. The third kappa shape index (κ3) is 24.8. The van der Waals surface area contributed by atoms with Crippen LogP contribution >= 0.6 is 0 Å². The van der Waals surface area contributed by atoms with Crippen molar-refractivity contribution in [2.75, 3.05) is 14.2 Å². The zero-order chi connectivity index (χ0) is 22.6. The number of hydrogen-bond acceptors (Lipinski definition) is 2. The summed E-state index contributed by atoms with van der Waals surface area (Å²) in [7, 11) is 3.32. The molecule has 0 amide bonds. The van der Waals surface area contributed by atoms with E-state index in [4.69, 9.17) is 9.47 Å². The first-order chi connectivity index (χ1) is 14.3. The molecule has 3 aromatic rings. The first kappa shape index (κ1) is 30.5. The number of terminal acetylenes is 1. The molecular weight excluding hydrogens is 356 g/mol. The average molecular weight is 395 g/mol. The van der Waals surface area contributed by atoms with Gasteiger partial charge >= 0.3 is 0 Å². The van der Waals surface area contributed by atoms with Crippen LogP contribution in [0, 0.1) is 12.3 Å². The van der Waals surface area contributed by atoms with Crippen LogP contribution in [0.4, 0.5) is 0 Å². The van der Waals surface area contributed by atoms with Gasteiger partial charge in [0.25, 0.3) is 0 Å². The van der Waals surface area contributed by atoms with Crippen molar-refractivity contribution >= 4 is 0 Å². The second-order valence-electron chi connectivity index (χ2n) is 4.48. The summed E-state index contributed by atoms with van der Waals surface area (Å²) < 4.78 is 9.83. The van der Waals surface area contributed by atoms with Crippen LogP contribution < -0.4 is 9.47 Å². The van der Waals surface area contributed by atoms with E-state index < -0.39 is 0 Å². The minimum absolute atomic E-state index is 0.910. The zero-order valence-corrected chi connectivity index (χ0v) is 19.1. The molecule has 0 N–H and O–H groups in total. The Hall–Kier alpha value is -3.18. The molecule has 0 radical (unpaired) electrons. The van der Waals surface area contributed by atoms with E-state index in [1.165, 1.54) is 0 Å². The lowest BCUT2D eigenvalue weighted by Crippen LogP contribution is -1.78. The normalized spacial score (nSPS) is 7.10.